The molecule has 0 amide bonds. The molecular weight excluding hydrogens is 519 g/mol. The van der Waals surface area contributed by atoms with Crippen molar-refractivity contribution in [1.82, 2.24) is 19.3 Å². The van der Waals surface area contributed by atoms with Crippen molar-refractivity contribution >= 4 is 23.4 Å². The third kappa shape index (κ3) is 9.21. The van der Waals surface area contributed by atoms with E-state index >= 15 is 0 Å². The number of aromatic nitrogens is 3. The van der Waals surface area contributed by atoms with Gasteiger partial charge in [0.05, 0.1) is 0 Å². The maximum atomic E-state index is 13.0. The Bertz CT molecular complexity index is 1150. The molecule has 1 aliphatic heterocycles. The van der Waals surface area contributed by atoms with Crippen LogP contribution in [0.25, 0.3) is 5.65 Å². The minimum atomic E-state index is -5.08. The molecule has 0 bridgehead atoms. The third-order valence-electron chi connectivity index (χ3n) is 4.77. The van der Waals surface area contributed by atoms with Gasteiger partial charge in [-0.2, -0.15) is 26.3 Å². The van der Waals surface area contributed by atoms with E-state index in [0.29, 0.717) is 0 Å². The number of carboxylic acid groups (broad SMARTS) is 2. The molecule has 2 N–H and O–H groups in total. The van der Waals surface area contributed by atoms with Crippen molar-refractivity contribution < 1.29 is 50.5 Å². The maximum Gasteiger partial charge on any atom is 0.490 e. The van der Waals surface area contributed by atoms with Crippen LogP contribution in [-0.4, -0.2) is 80.0 Å². The summed E-state index contributed by atoms with van der Waals surface area (Å²) in [5.74, 6) is -4.75. The lowest BCUT2D eigenvalue weighted by molar-refractivity contribution is -0.193. The van der Waals surface area contributed by atoms with Gasteiger partial charge in [0.15, 0.2) is 11.5 Å². The first-order valence-corrected chi connectivity index (χ1v) is 10.3. The first-order chi connectivity index (χ1) is 17.2. The highest BCUT2D eigenvalue weighted by molar-refractivity contribution is 5.73. The Morgan fingerprint density at radius 1 is 0.811 bits per heavy atom. The number of aliphatic carboxylic acids is 2. The van der Waals surface area contributed by atoms with Gasteiger partial charge in [-0.1, -0.05) is 12.1 Å². The second kappa shape index (κ2) is 12.3. The quantitative estimate of drug-likeness (QED) is 0.487. The summed E-state index contributed by atoms with van der Waals surface area (Å²) in [4.78, 5) is 31.4. The van der Waals surface area contributed by atoms with Crippen LogP contribution >= 0.6 is 0 Å². The normalized spacial score (nSPS) is 14.3. The summed E-state index contributed by atoms with van der Waals surface area (Å²) in [6.45, 7) is 4.61. The number of nitrogens with zero attached hydrogens (tertiary/aromatic N) is 5. The van der Waals surface area contributed by atoms with Gasteiger partial charge in [0.1, 0.15) is 5.82 Å². The Kier molecular flexibility index (Phi) is 9.76. The van der Waals surface area contributed by atoms with Crippen LogP contribution in [0.4, 0.5) is 36.6 Å². The van der Waals surface area contributed by atoms with Crippen LogP contribution in [0.3, 0.4) is 0 Å². The lowest BCUT2D eigenvalue weighted by atomic mass is 10.2. The van der Waals surface area contributed by atoms with Crippen molar-refractivity contribution in [2.75, 3.05) is 31.1 Å². The van der Waals surface area contributed by atoms with E-state index in [1.807, 2.05) is 35.1 Å². The molecule has 0 saturated carbocycles. The fourth-order valence-electron chi connectivity index (χ4n) is 3.03. The Balaban J connectivity index is 0.000000286. The Hall–Kier alpha value is -3.95. The van der Waals surface area contributed by atoms with E-state index in [0.717, 1.165) is 49.8 Å². The standard InChI is InChI=1S/C17H18FN5.2C2HF3O2/c18-15-3-1-14(2-4-15)13-21-9-11-23(12-10-21)17-16-19-5-7-22(16)8-6-20-17;2*3-2(4,5)1(6)7/h1-8H,9-13H2;2*(H,6,7). The first kappa shape index (κ1) is 29.3. The van der Waals surface area contributed by atoms with E-state index in [9.17, 15) is 30.7 Å². The van der Waals surface area contributed by atoms with E-state index in [1.54, 1.807) is 6.20 Å². The van der Waals surface area contributed by atoms with Crippen LogP contribution in [0.5, 0.6) is 0 Å². The highest BCUT2D eigenvalue weighted by Crippen LogP contribution is 2.19. The van der Waals surface area contributed by atoms with Crippen molar-refractivity contribution in [3.63, 3.8) is 0 Å². The Labute approximate surface area is 204 Å². The molecule has 0 spiro atoms. The van der Waals surface area contributed by atoms with Crippen LogP contribution in [-0.2, 0) is 16.1 Å². The topological polar surface area (TPSA) is 111 Å². The summed E-state index contributed by atoms with van der Waals surface area (Å²) in [7, 11) is 0. The number of anilines is 1. The highest BCUT2D eigenvalue weighted by atomic mass is 19.4. The van der Waals surface area contributed by atoms with Gasteiger partial charge in [0.25, 0.3) is 0 Å². The number of carboxylic acids is 2. The van der Waals surface area contributed by atoms with Crippen LogP contribution in [0.2, 0.25) is 0 Å². The SMILES string of the molecule is Fc1ccc(CN2CCN(c3nccn4ccnc34)CC2)cc1.O=C(O)C(F)(F)F.O=C(O)C(F)(F)F. The predicted molar refractivity (Wildman–Crippen MR) is 114 cm³/mol. The lowest BCUT2D eigenvalue weighted by Crippen LogP contribution is -2.46. The monoisotopic (exact) mass is 539 g/mol. The van der Waals surface area contributed by atoms with Gasteiger partial charge in [-0.15, -0.1) is 0 Å². The number of hydrogen-bond donors (Lipinski definition) is 2. The molecular formula is C21H20F7N5O4. The van der Waals surface area contributed by atoms with Crippen LogP contribution in [0, 0.1) is 5.82 Å². The van der Waals surface area contributed by atoms with E-state index in [-0.39, 0.29) is 5.82 Å². The summed E-state index contributed by atoms with van der Waals surface area (Å²) < 4.78 is 78.4. The summed E-state index contributed by atoms with van der Waals surface area (Å²) in [5, 5.41) is 14.2. The van der Waals surface area contributed by atoms with E-state index < -0.39 is 24.3 Å². The van der Waals surface area contributed by atoms with E-state index in [2.05, 4.69) is 19.8 Å². The molecule has 1 saturated heterocycles. The minimum absolute atomic E-state index is 0.183. The zero-order valence-electron chi connectivity index (χ0n) is 18.7. The Morgan fingerprint density at radius 2 is 1.27 bits per heavy atom. The van der Waals surface area contributed by atoms with E-state index in [1.165, 1.54) is 12.1 Å². The molecule has 3 heterocycles. The minimum Gasteiger partial charge on any atom is -0.475 e. The zero-order valence-corrected chi connectivity index (χ0v) is 18.7. The first-order valence-electron chi connectivity index (χ1n) is 10.3. The Morgan fingerprint density at radius 3 is 1.73 bits per heavy atom. The zero-order chi connectivity index (χ0) is 27.8. The maximum absolute atomic E-state index is 13.0. The number of imidazole rings is 1. The molecule has 37 heavy (non-hydrogen) atoms. The van der Waals surface area contributed by atoms with Crippen LogP contribution < -0.4 is 4.90 Å². The van der Waals surface area contributed by atoms with Gasteiger partial charge in [0.2, 0.25) is 0 Å². The molecule has 1 aliphatic rings. The van der Waals surface area contributed by atoms with Crippen molar-refractivity contribution in [3.05, 3.63) is 60.4 Å². The molecule has 3 aromatic rings. The molecule has 4 rings (SSSR count). The van der Waals surface area contributed by atoms with Gasteiger partial charge in [0, 0.05) is 57.5 Å². The molecule has 0 radical (unpaired) electrons. The van der Waals surface area contributed by atoms with E-state index in [4.69, 9.17) is 19.8 Å². The molecule has 202 valence electrons. The lowest BCUT2D eigenvalue weighted by Gasteiger charge is -2.35. The van der Waals surface area contributed by atoms with Crippen LogP contribution in [0.1, 0.15) is 5.56 Å². The molecule has 1 fully saturated rings. The molecule has 0 atom stereocenters. The van der Waals surface area contributed by atoms with Gasteiger partial charge >= 0.3 is 24.3 Å². The fraction of sp³-hybridized carbons (Fsp3) is 0.333. The van der Waals surface area contributed by atoms with Crippen molar-refractivity contribution in [1.29, 1.82) is 0 Å². The molecule has 1 aromatic carbocycles. The number of alkyl halides is 6. The number of hydrogen-bond acceptors (Lipinski definition) is 6. The fourth-order valence-corrected chi connectivity index (χ4v) is 3.03. The summed E-state index contributed by atoms with van der Waals surface area (Å²) in [6, 6.07) is 6.76. The molecule has 2 aromatic heterocycles. The third-order valence-corrected chi connectivity index (χ3v) is 4.77. The second-order valence-electron chi connectivity index (χ2n) is 7.40. The average Bonchev–Trinajstić information content (AvgIpc) is 3.30. The highest BCUT2D eigenvalue weighted by Gasteiger charge is 2.38. The van der Waals surface area contributed by atoms with Gasteiger partial charge < -0.3 is 19.5 Å². The van der Waals surface area contributed by atoms with Crippen molar-refractivity contribution in [2.45, 2.75) is 18.9 Å². The number of carbonyl (C=O) groups is 2. The number of rotatable bonds is 3. The number of fused-ring (bicyclic) bond motifs is 1. The number of halogens is 7. The molecule has 0 aliphatic carbocycles. The molecule has 16 heteroatoms. The van der Waals surface area contributed by atoms with Crippen molar-refractivity contribution in [2.24, 2.45) is 0 Å². The molecule has 9 nitrogen and oxygen atoms in total. The largest absolute Gasteiger partial charge is 0.490 e. The number of piperazine rings is 1. The molecule has 0 unspecified atom stereocenters. The summed E-state index contributed by atoms with van der Waals surface area (Å²) >= 11 is 0. The van der Waals surface area contributed by atoms with Gasteiger partial charge in [-0.3, -0.25) is 4.90 Å². The van der Waals surface area contributed by atoms with Crippen LogP contribution in [0.15, 0.2) is 49.1 Å². The number of benzene rings is 1. The smallest absolute Gasteiger partial charge is 0.475 e. The summed E-state index contributed by atoms with van der Waals surface area (Å²) in [6.07, 6.45) is -2.71. The summed E-state index contributed by atoms with van der Waals surface area (Å²) in [5.41, 5.74) is 2.05. The van der Waals surface area contributed by atoms with Gasteiger partial charge in [-0.05, 0) is 17.7 Å². The second-order valence-corrected chi connectivity index (χ2v) is 7.40. The van der Waals surface area contributed by atoms with Crippen molar-refractivity contribution in [3.8, 4) is 0 Å². The average molecular weight is 539 g/mol. The predicted octanol–water partition coefficient (Wildman–Crippen LogP) is 3.46. The van der Waals surface area contributed by atoms with Gasteiger partial charge in [-0.25, -0.2) is 23.9 Å².